The van der Waals surface area contributed by atoms with Crippen molar-refractivity contribution in [2.75, 3.05) is 25.0 Å². The third kappa shape index (κ3) is 4.60. The summed E-state index contributed by atoms with van der Waals surface area (Å²) in [6, 6.07) is 7.73. The Bertz CT molecular complexity index is 751. The number of nitrogens with zero attached hydrogens (tertiary/aromatic N) is 2. The molecule has 0 radical (unpaired) electrons. The van der Waals surface area contributed by atoms with E-state index in [0.717, 1.165) is 23.9 Å². The monoisotopic (exact) mass is 342 g/mol. The molecule has 0 saturated carbocycles. The van der Waals surface area contributed by atoms with Crippen LogP contribution in [0.4, 0.5) is 5.95 Å². The van der Waals surface area contributed by atoms with Crippen LogP contribution in [0, 0.1) is 0 Å². The number of rotatable bonds is 8. The van der Waals surface area contributed by atoms with E-state index in [1.54, 1.807) is 0 Å². The second-order valence-corrected chi connectivity index (χ2v) is 6.37. The number of carbonyl (C=O) groups excluding carboxylic acids is 1. The van der Waals surface area contributed by atoms with E-state index in [0.29, 0.717) is 19.0 Å². The Morgan fingerprint density at radius 1 is 1.24 bits per heavy atom. The first-order valence-corrected chi connectivity index (χ1v) is 9.02. The van der Waals surface area contributed by atoms with Crippen LogP contribution in [-0.2, 0) is 11.3 Å². The third-order valence-corrected chi connectivity index (χ3v) is 4.50. The second kappa shape index (κ2) is 8.67. The van der Waals surface area contributed by atoms with E-state index in [9.17, 15) is 4.79 Å². The molecule has 1 aromatic carbocycles. The van der Waals surface area contributed by atoms with Crippen LogP contribution in [0.3, 0.4) is 0 Å². The summed E-state index contributed by atoms with van der Waals surface area (Å²) in [5.74, 6) is 0.590. The molecule has 3 N–H and O–H groups in total. The van der Waals surface area contributed by atoms with Crippen LogP contribution in [0.2, 0.25) is 0 Å². The van der Waals surface area contributed by atoms with Crippen LogP contribution in [0.5, 0.6) is 0 Å². The van der Waals surface area contributed by atoms with E-state index >= 15 is 0 Å². The SMILES string of the molecule is O=C(Cn1c(NCCO)nc2ccccc21)NCCC1=CCCCC1. The zero-order chi connectivity index (χ0) is 17.5. The van der Waals surface area contributed by atoms with Gasteiger partial charge in [-0.05, 0) is 44.2 Å². The zero-order valence-corrected chi connectivity index (χ0v) is 14.5. The number of hydrogen-bond acceptors (Lipinski definition) is 4. The summed E-state index contributed by atoms with van der Waals surface area (Å²) in [6.45, 7) is 1.31. The summed E-state index contributed by atoms with van der Waals surface area (Å²) < 4.78 is 1.86. The molecular weight excluding hydrogens is 316 g/mol. The van der Waals surface area contributed by atoms with Crippen LogP contribution in [0.25, 0.3) is 11.0 Å². The largest absolute Gasteiger partial charge is 0.395 e. The average molecular weight is 342 g/mol. The number of carbonyl (C=O) groups is 1. The van der Waals surface area contributed by atoms with Crippen molar-refractivity contribution in [3.8, 4) is 0 Å². The summed E-state index contributed by atoms with van der Waals surface area (Å²) in [4.78, 5) is 16.9. The lowest BCUT2D eigenvalue weighted by atomic mass is 9.97. The Labute approximate surface area is 147 Å². The number of aliphatic hydroxyl groups excluding tert-OH is 1. The molecule has 6 nitrogen and oxygen atoms in total. The molecule has 0 spiro atoms. The molecule has 0 fully saturated rings. The molecule has 0 atom stereocenters. The standard InChI is InChI=1S/C19H26N4O2/c24-13-12-21-19-22-16-8-4-5-9-17(16)23(19)14-18(25)20-11-10-15-6-2-1-3-7-15/h4-6,8-9,24H,1-3,7,10-14H2,(H,20,25)(H,21,22). The summed E-state index contributed by atoms with van der Waals surface area (Å²) in [5, 5.41) is 15.1. The lowest BCUT2D eigenvalue weighted by molar-refractivity contribution is -0.121. The van der Waals surface area contributed by atoms with Crippen molar-refractivity contribution in [3.05, 3.63) is 35.9 Å². The van der Waals surface area contributed by atoms with Crippen molar-refractivity contribution < 1.29 is 9.90 Å². The van der Waals surface area contributed by atoms with Crippen molar-refractivity contribution in [1.82, 2.24) is 14.9 Å². The molecule has 0 saturated heterocycles. The molecule has 2 aromatic rings. The summed E-state index contributed by atoms with van der Waals surface area (Å²) in [7, 11) is 0. The van der Waals surface area contributed by atoms with E-state index in [4.69, 9.17) is 5.11 Å². The minimum Gasteiger partial charge on any atom is -0.395 e. The van der Waals surface area contributed by atoms with Crippen LogP contribution in [0.15, 0.2) is 35.9 Å². The molecule has 1 heterocycles. The smallest absolute Gasteiger partial charge is 0.240 e. The number of aromatic nitrogens is 2. The van der Waals surface area contributed by atoms with Gasteiger partial charge in [0.2, 0.25) is 11.9 Å². The number of hydrogen-bond donors (Lipinski definition) is 3. The van der Waals surface area contributed by atoms with Crippen molar-refractivity contribution in [2.24, 2.45) is 0 Å². The van der Waals surface area contributed by atoms with E-state index < -0.39 is 0 Å². The number of allylic oxidation sites excluding steroid dienone is 1. The van der Waals surface area contributed by atoms with Gasteiger partial charge in [-0.25, -0.2) is 4.98 Å². The van der Waals surface area contributed by atoms with Crippen LogP contribution in [-0.4, -0.2) is 40.3 Å². The second-order valence-electron chi connectivity index (χ2n) is 6.37. The average Bonchev–Trinajstić information content (AvgIpc) is 2.98. The minimum atomic E-state index is -0.0217. The third-order valence-electron chi connectivity index (χ3n) is 4.50. The Morgan fingerprint density at radius 3 is 2.92 bits per heavy atom. The van der Waals surface area contributed by atoms with Gasteiger partial charge < -0.3 is 20.3 Å². The summed E-state index contributed by atoms with van der Waals surface area (Å²) >= 11 is 0. The number of aliphatic hydroxyl groups is 1. The fourth-order valence-corrected chi connectivity index (χ4v) is 3.23. The van der Waals surface area contributed by atoms with Gasteiger partial charge in [0.1, 0.15) is 6.54 Å². The molecule has 1 amide bonds. The Balaban J connectivity index is 1.62. The van der Waals surface area contributed by atoms with E-state index in [-0.39, 0.29) is 19.1 Å². The predicted octanol–water partition coefficient (Wildman–Crippen LogP) is 2.45. The van der Waals surface area contributed by atoms with Gasteiger partial charge in [-0.15, -0.1) is 0 Å². The highest BCUT2D eigenvalue weighted by atomic mass is 16.3. The molecule has 1 aliphatic carbocycles. The van der Waals surface area contributed by atoms with Crippen molar-refractivity contribution >= 4 is 22.9 Å². The molecule has 25 heavy (non-hydrogen) atoms. The fourth-order valence-electron chi connectivity index (χ4n) is 3.23. The highest BCUT2D eigenvalue weighted by Crippen LogP contribution is 2.20. The van der Waals surface area contributed by atoms with E-state index in [1.165, 1.54) is 24.8 Å². The number of amides is 1. The summed E-state index contributed by atoms with van der Waals surface area (Å²) in [6.07, 6.45) is 8.14. The lowest BCUT2D eigenvalue weighted by Gasteiger charge is -2.14. The summed E-state index contributed by atoms with van der Waals surface area (Å²) in [5.41, 5.74) is 3.21. The highest BCUT2D eigenvalue weighted by molar-refractivity contribution is 5.83. The number of para-hydroxylation sites is 2. The normalized spacial score (nSPS) is 14.4. The number of fused-ring (bicyclic) bond motifs is 1. The van der Waals surface area contributed by atoms with Gasteiger partial charge in [-0.1, -0.05) is 23.8 Å². The number of nitrogens with one attached hydrogen (secondary N) is 2. The lowest BCUT2D eigenvalue weighted by Crippen LogP contribution is -2.29. The Hall–Kier alpha value is -2.34. The topological polar surface area (TPSA) is 79.2 Å². The van der Waals surface area contributed by atoms with Gasteiger partial charge in [-0.3, -0.25) is 4.79 Å². The molecule has 6 heteroatoms. The molecule has 3 rings (SSSR count). The first-order valence-electron chi connectivity index (χ1n) is 9.02. The number of benzene rings is 1. The van der Waals surface area contributed by atoms with Gasteiger partial charge in [0.15, 0.2) is 0 Å². The maximum absolute atomic E-state index is 12.4. The quantitative estimate of drug-likeness (QED) is 0.644. The molecule has 0 aliphatic heterocycles. The van der Waals surface area contributed by atoms with Crippen molar-refractivity contribution in [3.63, 3.8) is 0 Å². The van der Waals surface area contributed by atoms with Crippen LogP contribution >= 0.6 is 0 Å². The van der Waals surface area contributed by atoms with Gasteiger partial charge in [0, 0.05) is 13.1 Å². The first kappa shape index (κ1) is 17.5. The van der Waals surface area contributed by atoms with Gasteiger partial charge >= 0.3 is 0 Å². The molecular formula is C19H26N4O2. The first-order chi connectivity index (χ1) is 12.3. The predicted molar refractivity (Wildman–Crippen MR) is 99.5 cm³/mol. The van der Waals surface area contributed by atoms with Crippen molar-refractivity contribution in [2.45, 2.75) is 38.6 Å². The van der Waals surface area contributed by atoms with E-state index in [1.807, 2.05) is 28.8 Å². The minimum absolute atomic E-state index is 0.0184. The van der Waals surface area contributed by atoms with E-state index in [2.05, 4.69) is 21.7 Å². The van der Waals surface area contributed by atoms with Crippen LogP contribution < -0.4 is 10.6 Å². The Morgan fingerprint density at radius 2 is 2.12 bits per heavy atom. The maximum atomic E-state index is 12.4. The van der Waals surface area contributed by atoms with Gasteiger partial charge in [-0.2, -0.15) is 0 Å². The maximum Gasteiger partial charge on any atom is 0.240 e. The van der Waals surface area contributed by atoms with Gasteiger partial charge in [0.25, 0.3) is 0 Å². The van der Waals surface area contributed by atoms with Crippen LogP contribution in [0.1, 0.15) is 32.1 Å². The number of imidazole rings is 1. The highest BCUT2D eigenvalue weighted by Gasteiger charge is 2.13. The van der Waals surface area contributed by atoms with Gasteiger partial charge in [0.05, 0.1) is 17.6 Å². The zero-order valence-electron chi connectivity index (χ0n) is 14.5. The molecule has 0 unspecified atom stereocenters. The van der Waals surface area contributed by atoms with Crippen molar-refractivity contribution in [1.29, 1.82) is 0 Å². The molecule has 1 aliphatic rings. The fraction of sp³-hybridized carbons (Fsp3) is 0.474. The molecule has 134 valence electrons. The molecule has 0 bridgehead atoms. The Kier molecular flexibility index (Phi) is 6.06. The number of anilines is 1. The molecule has 1 aromatic heterocycles.